The van der Waals surface area contributed by atoms with Gasteiger partial charge in [-0.15, -0.1) is 0 Å². The first kappa shape index (κ1) is 12.9. The average molecular weight is 214 g/mol. The van der Waals surface area contributed by atoms with E-state index in [0.717, 1.165) is 13.0 Å². The highest BCUT2D eigenvalue weighted by Gasteiger charge is 2.25. The van der Waals surface area contributed by atoms with E-state index in [9.17, 15) is 0 Å². The molecule has 1 heterocycles. The largest absolute Gasteiger partial charge is 0.395 e. The van der Waals surface area contributed by atoms with Crippen LogP contribution in [0.1, 0.15) is 40.0 Å². The van der Waals surface area contributed by atoms with Gasteiger partial charge in [0.05, 0.1) is 6.61 Å². The van der Waals surface area contributed by atoms with Crippen LogP contribution in [-0.2, 0) is 0 Å². The van der Waals surface area contributed by atoms with Crippen LogP contribution in [0.4, 0.5) is 0 Å². The van der Waals surface area contributed by atoms with Crippen LogP contribution < -0.4 is 5.32 Å². The smallest absolute Gasteiger partial charge is 0.0584 e. The molecule has 2 N–H and O–H groups in total. The SMILES string of the molecule is CCC(CO)NC1CCN(CC)C(C)C1. The first-order valence-electron chi connectivity index (χ1n) is 6.32. The molecule has 1 rings (SSSR count). The third-order valence-electron chi connectivity index (χ3n) is 3.60. The highest BCUT2D eigenvalue weighted by molar-refractivity contribution is 4.84. The van der Waals surface area contributed by atoms with Crippen molar-refractivity contribution in [2.75, 3.05) is 19.7 Å². The first-order valence-corrected chi connectivity index (χ1v) is 6.32. The third kappa shape index (κ3) is 3.74. The lowest BCUT2D eigenvalue weighted by Crippen LogP contribution is -2.50. The second-order valence-corrected chi connectivity index (χ2v) is 4.65. The monoisotopic (exact) mass is 214 g/mol. The van der Waals surface area contributed by atoms with Gasteiger partial charge in [-0.3, -0.25) is 0 Å². The molecule has 3 atom stereocenters. The molecule has 3 heteroatoms. The zero-order valence-electron chi connectivity index (χ0n) is 10.4. The molecule has 0 radical (unpaired) electrons. The Morgan fingerprint density at radius 3 is 2.67 bits per heavy atom. The maximum atomic E-state index is 9.15. The van der Waals surface area contributed by atoms with Gasteiger partial charge >= 0.3 is 0 Å². The van der Waals surface area contributed by atoms with Gasteiger partial charge in [-0.25, -0.2) is 0 Å². The van der Waals surface area contributed by atoms with Crippen molar-refractivity contribution < 1.29 is 5.11 Å². The molecular formula is C12H26N2O. The van der Waals surface area contributed by atoms with E-state index in [-0.39, 0.29) is 12.6 Å². The van der Waals surface area contributed by atoms with Crippen molar-refractivity contribution in [3.05, 3.63) is 0 Å². The van der Waals surface area contributed by atoms with Gasteiger partial charge in [-0.2, -0.15) is 0 Å². The minimum absolute atomic E-state index is 0.263. The first-order chi connectivity index (χ1) is 7.21. The number of rotatable bonds is 5. The number of likely N-dealkylation sites (tertiary alicyclic amines) is 1. The van der Waals surface area contributed by atoms with Crippen LogP contribution in [0.15, 0.2) is 0 Å². The summed E-state index contributed by atoms with van der Waals surface area (Å²) in [6.45, 7) is 9.27. The van der Waals surface area contributed by atoms with Crippen LogP contribution in [0, 0.1) is 0 Å². The zero-order chi connectivity index (χ0) is 11.3. The second-order valence-electron chi connectivity index (χ2n) is 4.65. The molecule has 0 aromatic carbocycles. The van der Waals surface area contributed by atoms with Crippen molar-refractivity contribution in [2.45, 2.75) is 58.2 Å². The summed E-state index contributed by atoms with van der Waals surface area (Å²) in [5.74, 6) is 0. The van der Waals surface area contributed by atoms with Gasteiger partial charge < -0.3 is 15.3 Å². The summed E-state index contributed by atoms with van der Waals surface area (Å²) in [5, 5.41) is 12.7. The number of nitrogens with zero attached hydrogens (tertiary/aromatic N) is 1. The van der Waals surface area contributed by atoms with Crippen molar-refractivity contribution in [1.82, 2.24) is 10.2 Å². The Kier molecular flexibility index (Phi) is 5.58. The number of hydrogen-bond donors (Lipinski definition) is 2. The molecule has 0 amide bonds. The van der Waals surface area contributed by atoms with E-state index >= 15 is 0 Å². The van der Waals surface area contributed by atoms with Gasteiger partial charge in [0, 0.05) is 18.1 Å². The van der Waals surface area contributed by atoms with Gasteiger partial charge in [0.25, 0.3) is 0 Å². The number of aliphatic hydroxyl groups excluding tert-OH is 1. The van der Waals surface area contributed by atoms with Crippen molar-refractivity contribution in [3.63, 3.8) is 0 Å². The van der Waals surface area contributed by atoms with E-state index in [1.54, 1.807) is 0 Å². The minimum Gasteiger partial charge on any atom is -0.395 e. The summed E-state index contributed by atoms with van der Waals surface area (Å²) < 4.78 is 0. The maximum Gasteiger partial charge on any atom is 0.0584 e. The second kappa shape index (κ2) is 6.46. The molecule has 0 bridgehead atoms. The Hall–Kier alpha value is -0.120. The fourth-order valence-electron chi connectivity index (χ4n) is 2.47. The number of hydrogen-bond acceptors (Lipinski definition) is 3. The summed E-state index contributed by atoms with van der Waals surface area (Å²) >= 11 is 0. The highest BCUT2D eigenvalue weighted by atomic mass is 16.3. The average Bonchev–Trinajstić information content (AvgIpc) is 2.26. The topological polar surface area (TPSA) is 35.5 Å². The van der Waals surface area contributed by atoms with E-state index in [2.05, 4.69) is 31.0 Å². The molecule has 0 spiro atoms. The maximum absolute atomic E-state index is 9.15. The lowest BCUT2D eigenvalue weighted by Gasteiger charge is -2.38. The zero-order valence-corrected chi connectivity index (χ0v) is 10.4. The normalized spacial score (nSPS) is 30.4. The minimum atomic E-state index is 0.263. The Morgan fingerprint density at radius 2 is 2.20 bits per heavy atom. The predicted molar refractivity (Wildman–Crippen MR) is 64.0 cm³/mol. The van der Waals surface area contributed by atoms with Crippen molar-refractivity contribution in [3.8, 4) is 0 Å². The molecule has 90 valence electrons. The van der Waals surface area contributed by atoms with E-state index in [0.29, 0.717) is 12.1 Å². The molecule has 3 nitrogen and oxygen atoms in total. The van der Waals surface area contributed by atoms with Gasteiger partial charge in [0.2, 0.25) is 0 Å². The molecule has 1 aliphatic heterocycles. The van der Waals surface area contributed by atoms with E-state index < -0.39 is 0 Å². The molecule has 15 heavy (non-hydrogen) atoms. The van der Waals surface area contributed by atoms with Crippen molar-refractivity contribution in [2.24, 2.45) is 0 Å². The van der Waals surface area contributed by atoms with Gasteiger partial charge in [-0.1, -0.05) is 13.8 Å². The van der Waals surface area contributed by atoms with Crippen LogP contribution >= 0.6 is 0 Å². The number of piperidine rings is 1. The number of aliphatic hydroxyl groups is 1. The summed E-state index contributed by atoms with van der Waals surface area (Å²) in [5.41, 5.74) is 0. The van der Waals surface area contributed by atoms with E-state index in [4.69, 9.17) is 5.11 Å². The van der Waals surface area contributed by atoms with E-state index in [1.807, 2.05) is 0 Å². The van der Waals surface area contributed by atoms with Gasteiger partial charge in [0.15, 0.2) is 0 Å². The van der Waals surface area contributed by atoms with Crippen LogP contribution in [0.25, 0.3) is 0 Å². The predicted octanol–water partition coefficient (Wildman–Crippen LogP) is 1.22. The lowest BCUT2D eigenvalue weighted by atomic mass is 9.97. The molecule has 3 unspecified atom stereocenters. The van der Waals surface area contributed by atoms with E-state index in [1.165, 1.54) is 19.4 Å². The third-order valence-corrected chi connectivity index (χ3v) is 3.60. The summed E-state index contributed by atoms with van der Waals surface area (Å²) in [6, 6.07) is 1.56. The Labute approximate surface area is 93.9 Å². The Morgan fingerprint density at radius 1 is 1.47 bits per heavy atom. The molecule has 0 aromatic heterocycles. The standard InChI is InChI=1S/C12H26N2O/c1-4-11(9-15)13-12-6-7-14(5-2)10(3)8-12/h10-13,15H,4-9H2,1-3H3. The summed E-state index contributed by atoms with van der Waals surface area (Å²) in [7, 11) is 0. The van der Waals surface area contributed by atoms with Crippen LogP contribution in [0.3, 0.4) is 0 Å². The van der Waals surface area contributed by atoms with Crippen LogP contribution in [0.5, 0.6) is 0 Å². The van der Waals surface area contributed by atoms with Crippen molar-refractivity contribution in [1.29, 1.82) is 0 Å². The molecule has 1 aliphatic rings. The molecule has 0 aromatic rings. The molecule has 0 aliphatic carbocycles. The van der Waals surface area contributed by atoms with Crippen molar-refractivity contribution >= 4 is 0 Å². The fourth-order valence-corrected chi connectivity index (χ4v) is 2.47. The lowest BCUT2D eigenvalue weighted by molar-refractivity contribution is 0.128. The van der Waals surface area contributed by atoms with Crippen LogP contribution in [-0.4, -0.2) is 47.8 Å². The quantitative estimate of drug-likeness (QED) is 0.722. The van der Waals surface area contributed by atoms with Crippen LogP contribution in [0.2, 0.25) is 0 Å². The molecule has 0 saturated carbocycles. The van der Waals surface area contributed by atoms with Gasteiger partial charge in [-0.05, 0) is 39.3 Å². The molecular weight excluding hydrogens is 188 g/mol. The fraction of sp³-hybridized carbons (Fsp3) is 1.00. The Bertz CT molecular complexity index is 171. The molecule has 1 saturated heterocycles. The number of nitrogens with one attached hydrogen (secondary N) is 1. The van der Waals surface area contributed by atoms with Gasteiger partial charge in [0.1, 0.15) is 0 Å². The Balaban J connectivity index is 2.33. The molecule has 1 fully saturated rings. The highest BCUT2D eigenvalue weighted by Crippen LogP contribution is 2.17. The summed E-state index contributed by atoms with van der Waals surface area (Å²) in [4.78, 5) is 2.53. The summed E-state index contributed by atoms with van der Waals surface area (Å²) in [6.07, 6.45) is 3.44.